The number of hydrogen-bond donors (Lipinski definition) is 1. The van der Waals surface area contributed by atoms with E-state index < -0.39 is 0 Å². The first kappa shape index (κ1) is 12.8. The molecule has 1 fully saturated rings. The van der Waals surface area contributed by atoms with Gasteiger partial charge in [0.1, 0.15) is 0 Å². The van der Waals surface area contributed by atoms with E-state index in [0.29, 0.717) is 18.1 Å². The molecule has 94 valence electrons. The Labute approximate surface area is 111 Å². The van der Waals surface area contributed by atoms with E-state index in [1.165, 1.54) is 0 Å². The molecular weight excluding hydrogens is 244 g/mol. The standard InChI is InChI=1S/C13H16N4S/c14-9-11-2-1-3-12(8-11)10-16-13(15)17-4-6-18-7-5-17/h1-3,8H,4-7,10H2,(H2,15,16). The van der Waals surface area contributed by atoms with Crippen molar-refractivity contribution in [2.45, 2.75) is 6.54 Å². The Morgan fingerprint density at radius 3 is 2.94 bits per heavy atom. The van der Waals surface area contributed by atoms with Crippen molar-refractivity contribution < 1.29 is 0 Å². The minimum atomic E-state index is 0.533. The molecule has 18 heavy (non-hydrogen) atoms. The largest absolute Gasteiger partial charge is 0.370 e. The van der Waals surface area contributed by atoms with E-state index in [-0.39, 0.29) is 0 Å². The Hall–Kier alpha value is -1.67. The van der Waals surface area contributed by atoms with Crippen LogP contribution in [0.3, 0.4) is 0 Å². The van der Waals surface area contributed by atoms with Crippen molar-refractivity contribution in [2.24, 2.45) is 10.7 Å². The third-order valence-corrected chi connectivity index (χ3v) is 3.76. The number of aliphatic imine (C=N–C) groups is 1. The van der Waals surface area contributed by atoms with E-state index in [9.17, 15) is 0 Å². The van der Waals surface area contributed by atoms with Crippen LogP contribution in [-0.2, 0) is 6.54 Å². The first-order valence-corrected chi connectivity index (χ1v) is 7.07. The lowest BCUT2D eigenvalue weighted by molar-refractivity contribution is 0.455. The number of hydrogen-bond acceptors (Lipinski definition) is 3. The molecule has 1 heterocycles. The smallest absolute Gasteiger partial charge is 0.191 e. The molecule has 1 aromatic carbocycles. The summed E-state index contributed by atoms with van der Waals surface area (Å²) in [6.07, 6.45) is 0. The molecule has 1 aliphatic heterocycles. The molecule has 0 unspecified atom stereocenters. The van der Waals surface area contributed by atoms with Gasteiger partial charge < -0.3 is 10.6 Å². The molecule has 1 aromatic rings. The molecule has 0 aromatic heterocycles. The van der Waals surface area contributed by atoms with Gasteiger partial charge in [-0.15, -0.1) is 0 Å². The molecule has 0 atom stereocenters. The molecule has 0 amide bonds. The zero-order valence-electron chi connectivity index (χ0n) is 10.2. The van der Waals surface area contributed by atoms with Crippen molar-refractivity contribution in [3.8, 4) is 6.07 Å². The van der Waals surface area contributed by atoms with Gasteiger partial charge in [0.15, 0.2) is 5.96 Å². The summed E-state index contributed by atoms with van der Waals surface area (Å²) in [5.74, 6) is 2.83. The molecule has 2 N–H and O–H groups in total. The van der Waals surface area contributed by atoms with E-state index in [2.05, 4.69) is 16.0 Å². The summed E-state index contributed by atoms with van der Waals surface area (Å²) in [7, 11) is 0. The van der Waals surface area contributed by atoms with Crippen LogP contribution in [0.4, 0.5) is 0 Å². The summed E-state index contributed by atoms with van der Waals surface area (Å²) < 4.78 is 0. The SMILES string of the molecule is N#Cc1cccc(CN=C(N)N2CCSCC2)c1. The fourth-order valence-electron chi connectivity index (χ4n) is 1.80. The Morgan fingerprint density at radius 2 is 2.22 bits per heavy atom. The van der Waals surface area contributed by atoms with Gasteiger partial charge in [-0.25, -0.2) is 4.99 Å². The average molecular weight is 260 g/mol. The van der Waals surface area contributed by atoms with Crippen molar-refractivity contribution in [3.63, 3.8) is 0 Å². The second-order valence-corrected chi connectivity index (χ2v) is 5.31. The highest BCUT2D eigenvalue weighted by Crippen LogP contribution is 2.09. The maximum absolute atomic E-state index is 8.82. The zero-order valence-corrected chi connectivity index (χ0v) is 11.0. The van der Waals surface area contributed by atoms with Crippen LogP contribution < -0.4 is 5.73 Å². The summed E-state index contributed by atoms with van der Waals surface area (Å²) in [6.45, 7) is 2.47. The van der Waals surface area contributed by atoms with Gasteiger partial charge in [0.25, 0.3) is 0 Å². The lowest BCUT2D eigenvalue weighted by atomic mass is 10.1. The van der Waals surface area contributed by atoms with Gasteiger partial charge in [-0.05, 0) is 17.7 Å². The fourth-order valence-corrected chi connectivity index (χ4v) is 2.71. The molecule has 0 radical (unpaired) electrons. The first-order valence-electron chi connectivity index (χ1n) is 5.91. The van der Waals surface area contributed by atoms with Gasteiger partial charge in [-0.1, -0.05) is 12.1 Å². The highest BCUT2D eigenvalue weighted by atomic mass is 32.2. The second kappa shape index (κ2) is 6.31. The minimum absolute atomic E-state index is 0.533. The number of thioether (sulfide) groups is 1. The predicted octanol–water partition coefficient (Wildman–Crippen LogP) is 1.42. The van der Waals surface area contributed by atoms with Crippen molar-refractivity contribution in [3.05, 3.63) is 35.4 Å². The Kier molecular flexibility index (Phi) is 4.48. The molecular formula is C13H16N4S. The van der Waals surface area contributed by atoms with E-state index >= 15 is 0 Å². The maximum atomic E-state index is 8.82. The summed E-state index contributed by atoms with van der Waals surface area (Å²) in [5.41, 5.74) is 7.65. The number of rotatable bonds is 2. The fraction of sp³-hybridized carbons (Fsp3) is 0.385. The number of guanidine groups is 1. The Balaban J connectivity index is 1.98. The van der Waals surface area contributed by atoms with Crippen LogP contribution in [0.5, 0.6) is 0 Å². The lowest BCUT2D eigenvalue weighted by Crippen LogP contribution is -2.42. The summed E-state index contributed by atoms with van der Waals surface area (Å²) >= 11 is 1.95. The molecule has 0 aliphatic carbocycles. The average Bonchev–Trinajstić information content (AvgIpc) is 2.46. The van der Waals surface area contributed by atoms with Crippen LogP contribution in [0.15, 0.2) is 29.3 Å². The topological polar surface area (TPSA) is 65.4 Å². The van der Waals surface area contributed by atoms with E-state index in [4.69, 9.17) is 11.0 Å². The van der Waals surface area contributed by atoms with Crippen LogP contribution in [0.25, 0.3) is 0 Å². The minimum Gasteiger partial charge on any atom is -0.370 e. The van der Waals surface area contributed by atoms with E-state index in [1.807, 2.05) is 30.0 Å². The number of nitrogens with two attached hydrogens (primary N) is 1. The predicted molar refractivity (Wildman–Crippen MR) is 75.4 cm³/mol. The number of nitrogens with zero attached hydrogens (tertiary/aromatic N) is 3. The summed E-state index contributed by atoms with van der Waals surface area (Å²) in [4.78, 5) is 6.51. The summed E-state index contributed by atoms with van der Waals surface area (Å²) in [6, 6.07) is 9.60. The van der Waals surface area contributed by atoms with Crippen LogP contribution in [0.1, 0.15) is 11.1 Å². The Morgan fingerprint density at radius 1 is 1.44 bits per heavy atom. The van der Waals surface area contributed by atoms with Gasteiger partial charge in [-0.2, -0.15) is 17.0 Å². The first-order chi connectivity index (χ1) is 8.79. The highest BCUT2D eigenvalue weighted by Gasteiger charge is 2.11. The molecule has 2 rings (SSSR count). The van der Waals surface area contributed by atoms with Crippen LogP contribution >= 0.6 is 11.8 Å². The van der Waals surface area contributed by atoms with Crippen LogP contribution in [0, 0.1) is 11.3 Å². The monoisotopic (exact) mass is 260 g/mol. The van der Waals surface area contributed by atoms with E-state index in [0.717, 1.165) is 30.2 Å². The Bertz CT molecular complexity index is 472. The molecule has 1 aliphatic rings. The number of nitriles is 1. The van der Waals surface area contributed by atoms with E-state index in [1.54, 1.807) is 6.07 Å². The maximum Gasteiger partial charge on any atom is 0.191 e. The lowest BCUT2D eigenvalue weighted by Gasteiger charge is -2.27. The zero-order chi connectivity index (χ0) is 12.8. The van der Waals surface area contributed by atoms with Crippen molar-refractivity contribution in [2.75, 3.05) is 24.6 Å². The van der Waals surface area contributed by atoms with Gasteiger partial charge >= 0.3 is 0 Å². The molecule has 0 bridgehead atoms. The highest BCUT2D eigenvalue weighted by molar-refractivity contribution is 7.99. The van der Waals surface area contributed by atoms with Gasteiger partial charge in [0.2, 0.25) is 0 Å². The molecule has 0 saturated carbocycles. The van der Waals surface area contributed by atoms with Gasteiger partial charge in [-0.3, -0.25) is 0 Å². The summed E-state index contributed by atoms with van der Waals surface area (Å²) in [5, 5.41) is 8.82. The van der Waals surface area contributed by atoms with Gasteiger partial charge in [0, 0.05) is 24.6 Å². The molecule has 5 heteroatoms. The quantitative estimate of drug-likeness (QED) is 0.645. The van der Waals surface area contributed by atoms with Gasteiger partial charge in [0.05, 0.1) is 18.2 Å². The second-order valence-electron chi connectivity index (χ2n) is 4.09. The third kappa shape index (κ3) is 3.41. The normalized spacial score (nSPS) is 16.4. The van der Waals surface area contributed by atoms with Crippen molar-refractivity contribution in [1.29, 1.82) is 5.26 Å². The molecule has 4 nitrogen and oxygen atoms in total. The van der Waals surface area contributed by atoms with Crippen molar-refractivity contribution >= 4 is 17.7 Å². The van der Waals surface area contributed by atoms with Crippen molar-refractivity contribution in [1.82, 2.24) is 4.90 Å². The molecule has 1 saturated heterocycles. The third-order valence-electron chi connectivity index (χ3n) is 2.81. The molecule has 0 spiro atoms. The van der Waals surface area contributed by atoms with Crippen LogP contribution in [0.2, 0.25) is 0 Å². The number of benzene rings is 1. The van der Waals surface area contributed by atoms with Crippen LogP contribution in [-0.4, -0.2) is 35.5 Å².